The molecule has 6 nitrogen and oxygen atoms in total. The van der Waals surface area contributed by atoms with E-state index >= 15 is 0 Å². The molecule has 2 aliphatic rings. The Morgan fingerprint density at radius 1 is 1.03 bits per heavy atom. The fourth-order valence-corrected chi connectivity index (χ4v) is 4.51. The maximum atomic E-state index is 13.4. The van der Waals surface area contributed by atoms with Crippen LogP contribution in [0.15, 0.2) is 45.1 Å². The monoisotopic (exact) mass is 460 g/mol. The molecule has 2 N–H and O–H groups in total. The van der Waals surface area contributed by atoms with Crippen LogP contribution in [-0.4, -0.2) is 21.4 Å². The molecule has 3 aromatic rings. The van der Waals surface area contributed by atoms with Gasteiger partial charge >= 0.3 is 0 Å². The Kier molecular flexibility index (Phi) is 4.83. The lowest BCUT2D eigenvalue weighted by Gasteiger charge is -2.32. The van der Waals surface area contributed by atoms with Gasteiger partial charge in [0.05, 0.1) is 10.9 Å². The number of fused-ring (bicyclic) bond motifs is 5. The second kappa shape index (κ2) is 7.42. The van der Waals surface area contributed by atoms with Crippen LogP contribution in [0.5, 0.6) is 23.0 Å². The zero-order chi connectivity index (χ0) is 24.4. The maximum absolute atomic E-state index is 13.4. The van der Waals surface area contributed by atoms with Crippen LogP contribution >= 0.6 is 0 Å². The molecule has 0 fully saturated rings. The van der Waals surface area contributed by atoms with Crippen LogP contribution in [0.1, 0.15) is 58.6 Å². The Morgan fingerprint density at radius 3 is 2.53 bits per heavy atom. The quantitative estimate of drug-likeness (QED) is 0.345. The molecular formula is C28H28O6. The van der Waals surface area contributed by atoms with Gasteiger partial charge in [-0.2, -0.15) is 0 Å². The lowest BCUT2D eigenvalue weighted by Crippen LogP contribution is -2.31. The van der Waals surface area contributed by atoms with E-state index in [4.69, 9.17) is 13.9 Å². The standard InChI is InChI=1S/C28H28O6/c1-15(2)7-6-10-28(5)12-8-16-13-18-22(30)21-19(29)14-20-17(9-11-27(3,4)33-20)25(21)32-26(18)23(31)24(16)34-28/h7-9,11-14,29,31H,6,10H2,1-5H3/t28-/m1/s1. The van der Waals surface area contributed by atoms with Gasteiger partial charge in [0.1, 0.15) is 28.1 Å². The largest absolute Gasteiger partial charge is 0.507 e. The van der Waals surface area contributed by atoms with Gasteiger partial charge in [-0.05, 0) is 71.8 Å². The second-order valence-corrected chi connectivity index (χ2v) is 10.1. The number of rotatable bonds is 3. The normalized spacial score (nSPS) is 19.9. The fourth-order valence-electron chi connectivity index (χ4n) is 4.51. The van der Waals surface area contributed by atoms with Crippen LogP contribution < -0.4 is 14.9 Å². The van der Waals surface area contributed by atoms with Gasteiger partial charge in [0.15, 0.2) is 16.9 Å². The van der Waals surface area contributed by atoms with Crippen molar-refractivity contribution in [2.45, 2.75) is 58.7 Å². The predicted molar refractivity (Wildman–Crippen MR) is 134 cm³/mol. The van der Waals surface area contributed by atoms with E-state index < -0.39 is 16.6 Å². The summed E-state index contributed by atoms with van der Waals surface area (Å²) in [5.41, 5.74) is 0.922. The van der Waals surface area contributed by atoms with E-state index in [-0.39, 0.29) is 39.2 Å². The van der Waals surface area contributed by atoms with E-state index in [0.29, 0.717) is 16.9 Å². The molecule has 6 heteroatoms. The van der Waals surface area contributed by atoms with Gasteiger partial charge < -0.3 is 24.1 Å². The van der Waals surface area contributed by atoms with Crippen molar-refractivity contribution in [3.05, 3.63) is 57.3 Å². The first-order valence-electron chi connectivity index (χ1n) is 11.4. The number of hydrogen-bond donors (Lipinski definition) is 2. The smallest absolute Gasteiger partial charge is 0.204 e. The number of ether oxygens (including phenoxy) is 2. The van der Waals surface area contributed by atoms with Crippen LogP contribution in [0.25, 0.3) is 34.1 Å². The first-order chi connectivity index (χ1) is 16.0. The maximum Gasteiger partial charge on any atom is 0.204 e. The van der Waals surface area contributed by atoms with E-state index in [1.807, 2.05) is 45.1 Å². The highest BCUT2D eigenvalue weighted by Gasteiger charge is 2.32. The van der Waals surface area contributed by atoms with E-state index in [2.05, 4.69) is 19.9 Å². The number of phenolic OH excluding ortho intramolecular Hbond substituents is 2. The fraction of sp³-hybridized carbons (Fsp3) is 0.321. The van der Waals surface area contributed by atoms with Gasteiger partial charge in [-0.3, -0.25) is 4.79 Å². The molecule has 1 atom stereocenters. The Bertz CT molecular complexity index is 1500. The number of aromatic hydroxyl groups is 2. The highest BCUT2D eigenvalue weighted by Crippen LogP contribution is 2.46. The first-order valence-corrected chi connectivity index (χ1v) is 11.4. The van der Waals surface area contributed by atoms with Gasteiger partial charge in [-0.15, -0.1) is 0 Å². The molecule has 0 saturated carbocycles. The number of phenols is 2. The van der Waals surface area contributed by atoms with Gasteiger partial charge in [-0.25, -0.2) is 0 Å². The molecule has 0 saturated heterocycles. The summed E-state index contributed by atoms with van der Waals surface area (Å²) in [4.78, 5) is 13.4. The molecule has 5 rings (SSSR count). The topological polar surface area (TPSA) is 89.1 Å². The number of allylic oxidation sites excluding steroid dienone is 2. The summed E-state index contributed by atoms with van der Waals surface area (Å²) in [7, 11) is 0. The molecule has 0 aliphatic carbocycles. The average molecular weight is 461 g/mol. The molecule has 0 bridgehead atoms. The summed E-state index contributed by atoms with van der Waals surface area (Å²) in [6.45, 7) is 9.85. The Labute approximate surface area is 197 Å². The molecule has 1 aromatic heterocycles. The number of hydrogen-bond acceptors (Lipinski definition) is 6. The summed E-state index contributed by atoms with van der Waals surface area (Å²) in [5, 5.41) is 22.0. The van der Waals surface area contributed by atoms with E-state index in [0.717, 1.165) is 12.8 Å². The molecule has 2 aromatic carbocycles. The summed E-state index contributed by atoms with van der Waals surface area (Å²) in [5.74, 6) is 0.219. The SMILES string of the molecule is CC(C)=CCC[C@]1(C)C=Cc2cc3c(=O)c4c(O)cc5c(c4oc3c(O)c2O1)C=CC(C)(C)O5. The van der Waals surface area contributed by atoms with E-state index in [1.54, 1.807) is 6.07 Å². The molecule has 0 spiro atoms. The highest BCUT2D eigenvalue weighted by molar-refractivity contribution is 6.01. The minimum absolute atomic E-state index is 0.0178. The highest BCUT2D eigenvalue weighted by atomic mass is 16.5. The summed E-state index contributed by atoms with van der Waals surface area (Å²) in [6.07, 6.45) is 11.2. The molecule has 0 radical (unpaired) electrons. The molecular weight excluding hydrogens is 432 g/mol. The average Bonchev–Trinajstić information content (AvgIpc) is 2.74. The molecule has 176 valence electrons. The third-order valence-electron chi connectivity index (χ3n) is 6.34. The lowest BCUT2D eigenvalue weighted by molar-refractivity contribution is 0.124. The first kappa shape index (κ1) is 22.1. The zero-order valence-corrected chi connectivity index (χ0v) is 20.0. The number of benzene rings is 2. The minimum Gasteiger partial charge on any atom is -0.507 e. The molecule has 2 aliphatic heterocycles. The molecule has 0 amide bonds. The summed E-state index contributed by atoms with van der Waals surface area (Å²) >= 11 is 0. The van der Waals surface area contributed by atoms with Crippen molar-refractivity contribution in [1.82, 2.24) is 0 Å². The van der Waals surface area contributed by atoms with Crippen molar-refractivity contribution in [3.63, 3.8) is 0 Å². The summed E-state index contributed by atoms with van der Waals surface area (Å²) in [6, 6.07) is 3.07. The summed E-state index contributed by atoms with van der Waals surface area (Å²) < 4.78 is 18.3. The van der Waals surface area contributed by atoms with Gasteiger partial charge in [0, 0.05) is 11.6 Å². The van der Waals surface area contributed by atoms with Gasteiger partial charge in [0.25, 0.3) is 0 Å². The van der Waals surface area contributed by atoms with Crippen molar-refractivity contribution in [2.24, 2.45) is 0 Å². The van der Waals surface area contributed by atoms with Crippen molar-refractivity contribution in [1.29, 1.82) is 0 Å². The second-order valence-electron chi connectivity index (χ2n) is 10.1. The Balaban J connectivity index is 1.70. The zero-order valence-electron chi connectivity index (χ0n) is 20.0. The van der Waals surface area contributed by atoms with Crippen LogP contribution in [0.4, 0.5) is 0 Å². The Morgan fingerprint density at radius 2 is 1.79 bits per heavy atom. The van der Waals surface area contributed by atoms with E-state index in [1.165, 1.54) is 11.6 Å². The van der Waals surface area contributed by atoms with Crippen molar-refractivity contribution in [2.75, 3.05) is 0 Å². The third-order valence-corrected chi connectivity index (χ3v) is 6.34. The van der Waals surface area contributed by atoms with Crippen molar-refractivity contribution >= 4 is 34.1 Å². The molecule has 0 unspecified atom stereocenters. The van der Waals surface area contributed by atoms with Gasteiger partial charge in [-0.1, -0.05) is 17.7 Å². The van der Waals surface area contributed by atoms with Gasteiger partial charge in [0.2, 0.25) is 11.2 Å². The Hall–Kier alpha value is -3.67. The van der Waals surface area contributed by atoms with E-state index in [9.17, 15) is 15.0 Å². The third kappa shape index (κ3) is 3.54. The lowest BCUT2D eigenvalue weighted by atomic mass is 9.93. The van der Waals surface area contributed by atoms with Crippen molar-refractivity contribution < 1.29 is 24.1 Å². The minimum atomic E-state index is -0.610. The van der Waals surface area contributed by atoms with Crippen LogP contribution in [0, 0.1) is 0 Å². The molecule has 3 heterocycles. The van der Waals surface area contributed by atoms with Crippen LogP contribution in [-0.2, 0) is 0 Å². The van der Waals surface area contributed by atoms with Crippen LogP contribution in [0.3, 0.4) is 0 Å². The van der Waals surface area contributed by atoms with Crippen molar-refractivity contribution in [3.8, 4) is 23.0 Å². The molecule has 34 heavy (non-hydrogen) atoms. The van der Waals surface area contributed by atoms with Crippen LogP contribution in [0.2, 0.25) is 0 Å². The predicted octanol–water partition coefficient (Wildman–Crippen LogP) is 6.45.